The number of unbranched alkanes of at least 4 members (excludes halogenated alkanes) is 2. The summed E-state index contributed by atoms with van der Waals surface area (Å²) in [6.07, 6.45) is 3.85. The molecule has 0 atom stereocenters. The van der Waals surface area contributed by atoms with Crippen molar-refractivity contribution < 1.29 is 9.84 Å². The maximum absolute atomic E-state index is 8.92. The summed E-state index contributed by atoms with van der Waals surface area (Å²) in [6, 6.07) is 7.86. The molecular formula is C13H21NO2. The minimum atomic E-state index is 0.160. The first-order chi connectivity index (χ1) is 7.88. The molecule has 90 valence electrons. The van der Waals surface area contributed by atoms with E-state index in [4.69, 9.17) is 15.6 Å². The molecule has 0 saturated carbocycles. The lowest BCUT2D eigenvalue weighted by Crippen LogP contribution is -2.03. The van der Waals surface area contributed by atoms with Crippen LogP contribution in [0.1, 0.15) is 24.8 Å². The molecule has 0 saturated heterocycles. The molecule has 0 fully saturated rings. The van der Waals surface area contributed by atoms with Crippen LogP contribution in [0.25, 0.3) is 0 Å². The van der Waals surface area contributed by atoms with Crippen LogP contribution in [0.2, 0.25) is 0 Å². The second-order valence-electron chi connectivity index (χ2n) is 3.78. The Morgan fingerprint density at radius 3 is 2.69 bits per heavy atom. The Kier molecular flexibility index (Phi) is 6.61. The lowest BCUT2D eigenvalue weighted by Gasteiger charge is -2.10. The zero-order valence-electron chi connectivity index (χ0n) is 9.69. The molecule has 0 aromatic heterocycles. The fourth-order valence-corrected chi connectivity index (χ4v) is 1.58. The van der Waals surface area contributed by atoms with Crippen LogP contribution in [-0.4, -0.2) is 24.9 Å². The van der Waals surface area contributed by atoms with Crippen molar-refractivity contribution in [3.05, 3.63) is 29.8 Å². The third-order valence-electron chi connectivity index (χ3n) is 2.46. The number of hydrogen-bond donors (Lipinski definition) is 2. The van der Waals surface area contributed by atoms with Crippen molar-refractivity contribution in [3.63, 3.8) is 0 Å². The quantitative estimate of drug-likeness (QED) is 0.660. The molecule has 0 amide bonds. The van der Waals surface area contributed by atoms with Crippen LogP contribution >= 0.6 is 0 Å². The van der Waals surface area contributed by atoms with Crippen LogP contribution in [0.5, 0.6) is 5.75 Å². The second kappa shape index (κ2) is 8.13. The smallest absolute Gasteiger partial charge is 0.122 e. The molecule has 0 heterocycles. The van der Waals surface area contributed by atoms with Gasteiger partial charge in [-0.05, 0) is 43.9 Å². The summed E-state index contributed by atoms with van der Waals surface area (Å²) in [5.41, 5.74) is 6.49. The number of rotatable bonds is 8. The molecule has 0 aliphatic rings. The van der Waals surface area contributed by atoms with Crippen molar-refractivity contribution in [2.24, 2.45) is 5.73 Å². The summed E-state index contributed by atoms with van der Waals surface area (Å²) in [5, 5.41) is 8.92. The van der Waals surface area contributed by atoms with Gasteiger partial charge in [-0.25, -0.2) is 0 Å². The predicted octanol–water partition coefficient (Wildman–Crippen LogP) is 1.73. The van der Waals surface area contributed by atoms with Crippen LogP contribution in [-0.2, 0) is 6.42 Å². The first kappa shape index (κ1) is 13.0. The highest BCUT2D eigenvalue weighted by molar-refractivity contribution is 5.33. The van der Waals surface area contributed by atoms with Crippen molar-refractivity contribution in [3.8, 4) is 5.75 Å². The van der Waals surface area contributed by atoms with Gasteiger partial charge in [0.1, 0.15) is 5.75 Å². The van der Waals surface area contributed by atoms with Crippen LogP contribution in [0, 0.1) is 0 Å². The summed E-state index contributed by atoms with van der Waals surface area (Å²) in [5.74, 6) is 0.893. The first-order valence-corrected chi connectivity index (χ1v) is 5.90. The van der Waals surface area contributed by atoms with E-state index in [0.717, 1.165) is 43.7 Å². The van der Waals surface area contributed by atoms with E-state index in [1.54, 1.807) is 0 Å². The highest BCUT2D eigenvalue weighted by Crippen LogP contribution is 2.18. The van der Waals surface area contributed by atoms with E-state index in [0.29, 0.717) is 6.42 Å². The molecule has 0 radical (unpaired) electrons. The topological polar surface area (TPSA) is 55.5 Å². The predicted molar refractivity (Wildman–Crippen MR) is 65.6 cm³/mol. The van der Waals surface area contributed by atoms with Crippen LogP contribution < -0.4 is 10.5 Å². The van der Waals surface area contributed by atoms with Gasteiger partial charge in [-0.3, -0.25) is 0 Å². The van der Waals surface area contributed by atoms with Crippen LogP contribution in [0.15, 0.2) is 24.3 Å². The van der Waals surface area contributed by atoms with Crippen molar-refractivity contribution in [1.29, 1.82) is 0 Å². The molecule has 0 spiro atoms. The van der Waals surface area contributed by atoms with Gasteiger partial charge >= 0.3 is 0 Å². The maximum atomic E-state index is 8.92. The Balaban J connectivity index is 2.34. The van der Waals surface area contributed by atoms with Crippen molar-refractivity contribution in [2.45, 2.75) is 25.7 Å². The molecule has 0 aliphatic heterocycles. The Morgan fingerprint density at radius 1 is 1.12 bits per heavy atom. The number of para-hydroxylation sites is 1. The second-order valence-corrected chi connectivity index (χ2v) is 3.78. The molecule has 0 aliphatic carbocycles. The monoisotopic (exact) mass is 223 g/mol. The molecule has 0 bridgehead atoms. The van der Waals surface area contributed by atoms with E-state index in [1.165, 1.54) is 0 Å². The summed E-state index contributed by atoms with van der Waals surface area (Å²) < 4.78 is 5.68. The Bertz CT molecular complexity index is 289. The summed E-state index contributed by atoms with van der Waals surface area (Å²) in [7, 11) is 0. The minimum absolute atomic E-state index is 0.160. The number of aliphatic hydroxyl groups excluding tert-OH is 1. The third kappa shape index (κ3) is 4.64. The summed E-state index contributed by atoms with van der Waals surface area (Å²) in [6.45, 7) is 1.64. The highest BCUT2D eigenvalue weighted by Gasteiger charge is 2.01. The van der Waals surface area contributed by atoms with Gasteiger partial charge in [-0.15, -0.1) is 0 Å². The van der Waals surface area contributed by atoms with Crippen molar-refractivity contribution >= 4 is 0 Å². The zero-order chi connectivity index (χ0) is 11.6. The van der Waals surface area contributed by atoms with Gasteiger partial charge in [0.25, 0.3) is 0 Å². The zero-order valence-corrected chi connectivity index (χ0v) is 9.69. The molecule has 16 heavy (non-hydrogen) atoms. The molecule has 1 aromatic rings. The molecule has 1 aromatic carbocycles. The standard InChI is InChI=1S/C13H21NO2/c14-9-4-1-5-11-16-13-7-3-2-6-12(13)8-10-15/h2-3,6-7,15H,1,4-5,8-11,14H2. The number of aliphatic hydroxyl groups is 1. The Morgan fingerprint density at radius 2 is 1.94 bits per heavy atom. The van der Waals surface area contributed by atoms with E-state index >= 15 is 0 Å². The number of hydrogen-bond acceptors (Lipinski definition) is 3. The molecule has 3 N–H and O–H groups in total. The van der Waals surface area contributed by atoms with Gasteiger partial charge in [-0.1, -0.05) is 18.2 Å². The van der Waals surface area contributed by atoms with Crippen molar-refractivity contribution in [1.82, 2.24) is 0 Å². The van der Waals surface area contributed by atoms with Gasteiger partial charge in [0.15, 0.2) is 0 Å². The highest BCUT2D eigenvalue weighted by atomic mass is 16.5. The van der Waals surface area contributed by atoms with Crippen LogP contribution in [0.3, 0.4) is 0 Å². The van der Waals surface area contributed by atoms with E-state index in [-0.39, 0.29) is 6.61 Å². The lowest BCUT2D eigenvalue weighted by atomic mass is 10.1. The number of benzene rings is 1. The van der Waals surface area contributed by atoms with E-state index in [9.17, 15) is 0 Å². The molecule has 0 unspecified atom stereocenters. The molecule has 1 rings (SSSR count). The molecule has 3 nitrogen and oxygen atoms in total. The molecule has 3 heteroatoms. The first-order valence-electron chi connectivity index (χ1n) is 5.90. The van der Waals surface area contributed by atoms with Gasteiger partial charge in [0, 0.05) is 6.61 Å². The maximum Gasteiger partial charge on any atom is 0.122 e. The Labute approximate surface area is 97.2 Å². The average Bonchev–Trinajstić information content (AvgIpc) is 2.31. The van der Waals surface area contributed by atoms with Gasteiger partial charge < -0.3 is 15.6 Å². The fourth-order valence-electron chi connectivity index (χ4n) is 1.58. The Hall–Kier alpha value is -1.06. The number of nitrogens with two attached hydrogens (primary N) is 1. The van der Waals surface area contributed by atoms with E-state index in [2.05, 4.69) is 0 Å². The molecular weight excluding hydrogens is 202 g/mol. The van der Waals surface area contributed by atoms with Crippen molar-refractivity contribution in [2.75, 3.05) is 19.8 Å². The number of ether oxygens (including phenoxy) is 1. The minimum Gasteiger partial charge on any atom is -0.493 e. The normalized spacial score (nSPS) is 10.4. The van der Waals surface area contributed by atoms with E-state index in [1.807, 2.05) is 24.3 Å². The van der Waals surface area contributed by atoms with Gasteiger partial charge in [-0.2, -0.15) is 0 Å². The van der Waals surface area contributed by atoms with Gasteiger partial charge in [0.2, 0.25) is 0 Å². The van der Waals surface area contributed by atoms with Gasteiger partial charge in [0.05, 0.1) is 6.61 Å². The van der Waals surface area contributed by atoms with Crippen LogP contribution in [0.4, 0.5) is 0 Å². The SMILES string of the molecule is NCCCCCOc1ccccc1CCO. The fraction of sp³-hybridized carbons (Fsp3) is 0.538. The third-order valence-corrected chi connectivity index (χ3v) is 2.46. The summed E-state index contributed by atoms with van der Waals surface area (Å²) in [4.78, 5) is 0. The van der Waals surface area contributed by atoms with E-state index < -0.39 is 0 Å². The largest absolute Gasteiger partial charge is 0.493 e. The average molecular weight is 223 g/mol. The lowest BCUT2D eigenvalue weighted by molar-refractivity contribution is 0.284. The summed E-state index contributed by atoms with van der Waals surface area (Å²) >= 11 is 0.